The normalized spacial score (nSPS) is 19.3. The molecule has 0 radical (unpaired) electrons. The topological polar surface area (TPSA) is 111 Å². The summed E-state index contributed by atoms with van der Waals surface area (Å²) in [4.78, 5) is 24.7. The van der Waals surface area contributed by atoms with Gasteiger partial charge in [0.2, 0.25) is 0 Å². The minimum atomic E-state index is -0.293. The summed E-state index contributed by atoms with van der Waals surface area (Å²) in [6, 6.07) is 0.483. The van der Waals surface area contributed by atoms with E-state index in [2.05, 4.69) is 20.3 Å². The number of pyridine rings is 1. The lowest BCUT2D eigenvalue weighted by atomic mass is 10.0. The summed E-state index contributed by atoms with van der Waals surface area (Å²) >= 11 is 0. The van der Waals surface area contributed by atoms with Gasteiger partial charge in [-0.2, -0.15) is 0 Å². The van der Waals surface area contributed by atoms with Crippen LogP contribution in [0.3, 0.4) is 0 Å². The average Bonchev–Trinajstić information content (AvgIpc) is 3.47. The third-order valence-electron chi connectivity index (χ3n) is 6.60. The molecular weight excluding hydrogens is 394 g/mol. The smallest absolute Gasteiger partial charge is 0.263 e. The van der Waals surface area contributed by atoms with Gasteiger partial charge in [0.1, 0.15) is 5.56 Å². The molecule has 1 saturated heterocycles. The molecule has 9 nitrogen and oxygen atoms in total. The first-order chi connectivity index (χ1) is 15.1. The van der Waals surface area contributed by atoms with E-state index in [9.17, 15) is 4.79 Å². The lowest BCUT2D eigenvalue weighted by Gasteiger charge is -2.39. The third kappa shape index (κ3) is 3.16. The zero-order chi connectivity index (χ0) is 21.1. The van der Waals surface area contributed by atoms with Crippen LogP contribution < -0.4 is 11.1 Å². The summed E-state index contributed by atoms with van der Waals surface area (Å²) < 4.78 is 6.97. The number of carbonyl (C=O) groups excluding carboxylic acids is 1. The number of rotatable bonds is 4. The molecule has 1 amide bonds. The number of nitrogens with one attached hydrogen (secondary N) is 1. The second-order valence-electron chi connectivity index (χ2n) is 8.80. The maximum atomic E-state index is 13.2. The van der Waals surface area contributed by atoms with Crippen molar-refractivity contribution in [3.63, 3.8) is 0 Å². The van der Waals surface area contributed by atoms with Crippen LogP contribution in [0.2, 0.25) is 0 Å². The molecule has 1 aliphatic carbocycles. The van der Waals surface area contributed by atoms with E-state index in [1.54, 1.807) is 10.7 Å². The summed E-state index contributed by atoms with van der Waals surface area (Å²) in [6.45, 7) is 5.37. The van der Waals surface area contributed by atoms with Gasteiger partial charge in [-0.1, -0.05) is 0 Å². The Morgan fingerprint density at radius 3 is 2.87 bits per heavy atom. The van der Waals surface area contributed by atoms with E-state index in [4.69, 9.17) is 15.5 Å². The molecule has 0 aromatic carbocycles. The quantitative estimate of drug-likeness (QED) is 0.664. The van der Waals surface area contributed by atoms with Gasteiger partial charge in [0.25, 0.3) is 5.91 Å². The highest BCUT2D eigenvalue weighted by Gasteiger charge is 2.32. The number of fused-ring (bicyclic) bond motifs is 2. The van der Waals surface area contributed by atoms with E-state index >= 15 is 0 Å². The lowest BCUT2D eigenvalue weighted by Crippen LogP contribution is -2.50. The van der Waals surface area contributed by atoms with Gasteiger partial charge in [-0.05, 0) is 36.8 Å². The molecule has 3 aliphatic rings. The van der Waals surface area contributed by atoms with Gasteiger partial charge >= 0.3 is 0 Å². The van der Waals surface area contributed by atoms with Crippen molar-refractivity contribution in [1.29, 1.82) is 0 Å². The van der Waals surface area contributed by atoms with Crippen LogP contribution in [0.5, 0.6) is 0 Å². The minimum absolute atomic E-state index is 0.185. The highest BCUT2D eigenvalue weighted by Crippen LogP contribution is 2.44. The molecule has 5 heterocycles. The van der Waals surface area contributed by atoms with Gasteiger partial charge in [0, 0.05) is 37.5 Å². The second kappa shape index (κ2) is 7.00. The highest BCUT2D eigenvalue weighted by molar-refractivity contribution is 6.11. The number of carbonyl (C=O) groups is 1. The van der Waals surface area contributed by atoms with E-state index in [1.165, 1.54) is 5.56 Å². The molecule has 2 aliphatic heterocycles. The fraction of sp³-hybridized carbons (Fsp3) is 0.455. The van der Waals surface area contributed by atoms with E-state index in [0.29, 0.717) is 23.2 Å². The SMILES string of the molecule is Cc1cncc(NC(=O)c2c(N)nn3cc4c(nc23)CCN(C2COC2)C4)c1C1CC1. The number of anilines is 2. The number of hydrogen-bond donors (Lipinski definition) is 2. The van der Waals surface area contributed by atoms with Gasteiger partial charge in [-0.15, -0.1) is 5.10 Å². The first-order valence-electron chi connectivity index (χ1n) is 10.8. The molecule has 9 heteroatoms. The molecule has 2 fully saturated rings. The number of nitrogens with two attached hydrogens (primary N) is 1. The van der Waals surface area contributed by atoms with Crippen molar-refractivity contribution in [1.82, 2.24) is 24.5 Å². The molecule has 1 saturated carbocycles. The molecule has 3 aromatic rings. The van der Waals surface area contributed by atoms with Crippen LogP contribution in [0.1, 0.15) is 51.5 Å². The number of aryl methyl sites for hydroxylation is 1. The number of ether oxygens (including phenoxy) is 1. The maximum Gasteiger partial charge on any atom is 0.263 e. The first-order valence-corrected chi connectivity index (χ1v) is 10.8. The Labute approximate surface area is 179 Å². The molecule has 0 atom stereocenters. The molecule has 6 rings (SSSR count). The Morgan fingerprint density at radius 1 is 1.29 bits per heavy atom. The van der Waals surface area contributed by atoms with Crippen LogP contribution in [-0.4, -0.2) is 56.2 Å². The van der Waals surface area contributed by atoms with Crippen molar-refractivity contribution >= 4 is 23.1 Å². The van der Waals surface area contributed by atoms with Crippen molar-refractivity contribution in [3.05, 3.63) is 46.5 Å². The van der Waals surface area contributed by atoms with Gasteiger partial charge in [-0.25, -0.2) is 9.50 Å². The van der Waals surface area contributed by atoms with Crippen molar-refractivity contribution in [2.45, 2.75) is 44.7 Å². The van der Waals surface area contributed by atoms with Crippen molar-refractivity contribution in [3.8, 4) is 0 Å². The second-order valence-corrected chi connectivity index (χ2v) is 8.80. The van der Waals surface area contributed by atoms with Crippen LogP contribution in [0.4, 0.5) is 11.5 Å². The summed E-state index contributed by atoms with van der Waals surface area (Å²) in [5.74, 6) is 0.386. The molecule has 3 aromatic heterocycles. The molecule has 3 N–H and O–H groups in total. The third-order valence-corrected chi connectivity index (χ3v) is 6.60. The first kappa shape index (κ1) is 18.7. The fourth-order valence-corrected chi connectivity index (χ4v) is 4.69. The van der Waals surface area contributed by atoms with Crippen LogP contribution in [-0.2, 0) is 17.7 Å². The van der Waals surface area contributed by atoms with Crippen molar-refractivity contribution < 1.29 is 9.53 Å². The lowest BCUT2D eigenvalue weighted by molar-refractivity contribution is -0.0697. The average molecular weight is 419 g/mol. The van der Waals surface area contributed by atoms with E-state index in [1.807, 2.05) is 19.3 Å². The zero-order valence-corrected chi connectivity index (χ0v) is 17.5. The number of aromatic nitrogens is 4. The van der Waals surface area contributed by atoms with Crippen molar-refractivity contribution in [2.75, 3.05) is 30.8 Å². The summed E-state index contributed by atoms with van der Waals surface area (Å²) in [7, 11) is 0. The fourth-order valence-electron chi connectivity index (χ4n) is 4.69. The molecular formula is C22H25N7O2. The van der Waals surface area contributed by atoms with E-state index < -0.39 is 0 Å². The zero-order valence-electron chi connectivity index (χ0n) is 17.5. The molecule has 0 unspecified atom stereocenters. The van der Waals surface area contributed by atoms with Gasteiger partial charge in [0.05, 0.1) is 36.8 Å². The molecule has 31 heavy (non-hydrogen) atoms. The van der Waals surface area contributed by atoms with Crippen molar-refractivity contribution in [2.24, 2.45) is 0 Å². The Kier molecular flexibility index (Phi) is 4.22. The molecule has 0 spiro atoms. The summed E-state index contributed by atoms with van der Waals surface area (Å²) in [5.41, 5.74) is 12.2. The van der Waals surface area contributed by atoms with Crippen LogP contribution >= 0.6 is 0 Å². The summed E-state index contributed by atoms with van der Waals surface area (Å²) in [5, 5.41) is 7.42. The number of nitrogens with zero attached hydrogens (tertiary/aromatic N) is 5. The van der Waals surface area contributed by atoms with E-state index in [-0.39, 0.29) is 11.7 Å². The minimum Gasteiger partial charge on any atom is -0.381 e. The highest BCUT2D eigenvalue weighted by atomic mass is 16.5. The molecule has 0 bridgehead atoms. The van der Waals surface area contributed by atoms with Crippen LogP contribution in [0, 0.1) is 6.92 Å². The maximum absolute atomic E-state index is 13.2. The Balaban J connectivity index is 1.33. The summed E-state index contributed by atoms with van der Waals surface area (Å²) in [6.07, 6.45) is 8.64. The van der Waals surface area contributed by atoms with Crippen LogP contribution in [0.15, 0.2) is 18.6 Å². The van der Waals surface area contributed by atoms with Crippen LogP contribution in [0.25, 0.3) is 5.65 Å². The monoisotopic (exact) mass is 419 g/mol. The Hall–Kier alpha value is -3.04. The van der Waals surface area contributed by atoms with E-state index in [0.717, 1.165) is 68.1 Å². The molecule has 160 valence electrons. The number of amides is 1. The predicted molar refractivity (Wildman–Crippen MR) is 115 cm³/mol. The number of hydrogen-bond acceptors (Lipinski definition) is 7. The standard InChI is InChI=1S/C22H25N7O2/c1-12-6-24-7-17(18(12)13-2-3-13)26-22(30)19-20(23)27-29-9-14-8-28(15-10-31-11-15)5-4-16(14)25-21(19)29/h6-7,9,13,15H,2-5,8,10-11H2,1H3,(H2,23,27)(H,26,30). The van der Waals surface area contributed by atoms with Gasteiger partial charge in [0.15, 0.2) is 11.5 Å². The predicted octanol–water partition coefficient (Wildman–Crippen LogP) is 1.90. The largest absolute Gasteiger partial charge is 0.381 e. The van der Waals surface area contributed by atoms with Gasteiger partial charge in [-0.3, -0.25) is 14.7 Å². The number of nitrogen functional groups attached to an aromatic ring is 1. The van der Waals surface area contributed by atoms with Gasteiger partial charge < -0.3 is 15.8 Å². The Morgan fingerprint density at radius 2 is 2.13 bits per heavy atom. The Bertz CT molecular complexity index is 1200.